The Hall–Kier alpha value is -2.49. The summed E-state index contributed by atoms with van der Waals surface area (Å²) >= 11 is 0. The highest BCUT2D eigenvalue weighted by molar-refractivity contribution is 7.07. The molecule has 0 aliphatic heterocycles. The minimum absolute atomic E-state index is 0.151. The van der Waals surface area contributed by atoms with Crippen LogP contribution in [-0.4, -0.2) is 20.7 Å². The van der Waals surface area contributed by atoms with Gasteiger partial charge in [0, 0.05) is 5.41 Å². The number of rotatable bonds is 11. The van der Waals surface area contributed by atoms with Crippen LogP contribution in [0.3, 0.4) is 0 Å². The van der Waals surface area contributed by atoms with Crippen molar-refractivity contribution in [3.05, 3.63) is 91.0 Å². The van der Waals surface area contributed by atoms with E-state index < -0.39 is 13.7 Å². The number of hydrogen-bond acceptors (Lipinski definition) is 2. The summed E-state index contributed by atoms with van der Waals surface area (Å²) in [5, 5.41) is 3.62. The van der Waals surface area contributed by atoms with Gasteiger partial charge in [0.1, 0.15) is 6.29 Å². The summed E-state index contributed by atoms with van der Waals surface area (Å²) in [5.41, 5.74) is -0.522. The van der Waals surface area contributed by atoms with E-state index in [1.807, 2.05) is 0 Å². The second kappa shape index (κ2) is 10.7. The predicted octanol–water partition coefficient (Wildman–Crippen LogP) is 4.84. The van der Waals surface area contributed by atoms with Crippen LogP contribution in [0.25, 0.3) is 0 Å². The van der Waals surface area contributed by atoms with Crippen LogP contribution in [0, 0.1) is 5.41 Å². The largest absolute Gasteiger partial charge is 0.400 e. The lowest BCUT2D eigenvalue weighted by molar-refractivity contribution is -0.121. The maximum Gasteiger partial charge on any atom is 0.288 e. The van der Waals surface area contributed by atoms with Crippen LogP contribution in [0.5, 0.6) is 0 Å². The van der Waals surface area contributed by atoms with Gasteiger partial charge in [-0.25, -0.2) is 0 Å². The summed E-state index contributed by atoms with van der Waals surface area (Å²) in [7, 11) is -2.84. The van der Waals surface area contributed by atoms with E-state index in [0.717, 1.165) is 32.0 Å². The zero-order valence-corrected chi connectivity index (χ0v) is 20.0. The SMILES string of the molecule is CCCC[C@@H](O[Si](c1ccccc1)(c1ccccc1)c1ccccc1)[C@@](C)(C=O)CC. The van der Waals surface area contributed by atoms with Gasteiger partial charge >= 0.3 is 0 Å². The van der Waals surface area contributed by atoms with Gasteiger partial charge in [-0.05, 0) is 28.4 Å². The molecule has 0 amide bonds. The van der Waals surface area contributed by atoms with Crippen molar-refractivity contribution >= 4 is 30.2 Å². The number of carbonyl (C=O) groups is 1. The van der Waals surface area contributed by atoms with Crippen LogP contribution in [-0.2, 0) is 9.22 Å². The van der Waals surface area contributed by atoms with Crippen molar-refractivity contribution in [3.8, 4) is 0 Å². The van der Waals surface area contributed by atoms with E-state index in [0.29, 0.717) is 0 Å². The highest BCUT2D eigenvalue weighted by Crippen LogP contribution is 2.31. The van der Waals surface area contributed by atoms with Crippen molar-refractivity contribution in [2.75, 3.05) is 0 Å². The fraction of sp³-hybridized carbons (Fsp3) is 0.321. The number of aldehydes is 1. The lowest BCUT2D eigenvalue weighted by Crippen LogP contribution is -2.71. The highest BCUT2D eigenvalue weighted by Gasteiger charge is 2.47. The zero-order chi connectivity index (χ0) is 22.2. The minimum atomic E-state index is -2.84. The third kappa shape index (κ3) is 4.89. The third-order valence-corrected chi connectivity index (χ3v) is 10.5. The van der Waals surface area contributed by atoms with E-state index in [2.05, 4.69) is 112 Å². The van der Waals surface area contributed by atoms with Gasteiger partial charge in [0.15, 0.2) is 0 Å². The molecule has 2 atom stereocenters. The molecule has 0 aromatic heterocycles. The average molecular weight is 431 g/mol. The van der Waals surface area contributed by atoms with Crippen molar-refractivity contribution in [2.24, 2.45) is 5.41 Å². The third-order valence-electron chi connectivity index (χ3n) is 6.45. The molecule has 0 spiro atoms. The molecule has 0 aliphatic rings. The molecule has 0 N–H and O–H groups in total. The Morgan fingerprint density at radius 3 is 1.55 bits per heavy atom. The molecule has 2 nitrogen and oxygen atoms in total. The van der Waals surface area contributed by atoms with Crippen LogP contribution < -0.4 is 15.6 Å². The summed E-state index contributed by atoms with van der Waals surface area (Å²) < 4.78 is 7.35. The zero-order valence-electron chi connectivity index (χ0n) is 19.0. The Labute approximate surface area is 188 Å². The van der Waals surface area contributed by atoms with Crippen molar-refractivity contribution in [1.82, 2.24) is 0 Å². The van der Waals surface area contributed by atoms with Gasteiger partial charge in [-0.15, -0.1) is 0 Å². The van der Waals surface area contributed by atoms with E-state index in [1.54, 1.807) is 0 Å². The molecular formula is C28H34O2Si. The van der Waals surface area contributed by atoms with Crippen molar-refractivity contribution in [1.29, 1.82) is 0 Å². The van der Waals surface area contributed by atoms with Crippen LogP contribution in [0.15, 0.2) is 91.0 Å². The first-order chi connectivity index (χ1) is 15.1. The normalized spacial score (nSPS) is 14.5. The second-order valence-electron chi connectivity index (χ2n) is 8.51. The molecule has 0 radical (unpaired) electrons. The Balaban J connectivity index is 2.27. The van der Waals surface area contributed by atoms with Crippen LogP contribution >= 0.6 is 0 Å². The molecule has 0 fully saturated rings. The smallest absolute Gasteiger partial charge is 0.288 e. The Kier molecular flexibility index (Phi) is 8.00. The van der Waals surface area contributed by atoms with Crippen molar-refractivity contribution in [3.63, 3.8) is 0 Å². The lowest BCUT2D eigenvalue weighted by Gasteiger charge is -2.42. The molecule has 3 aromatic rings. The Bertz CT molecular complexity index is 830. The van der Waals surface area contributed by atoms with Gasteiger partial charge in [0.25, 0.3) is 8.32 Å². The molecule has 0 unspecified atom stereocenters. The van der Waals surface area contributed by atoms with Gasteiger partial charge in [-0.1, -0.05) is 125 Å². The average Bonchev–Trinajstić information content (AvgIpc) is 2.85. The highest BCUT2D eigenvalue weighted by atomic mass is 28.4. The second-order valence-corrected chi connectivity index (χ2v) is 11.8. The van der Waals surface area contributed by atoms with E-state index in [1.165, 1.54) is 15.6 Å². The van der Waals surface area contributed by atoms with Gasteiger partial charge in [-0.2, -0.15) is 0 Å². The Morgan fingerprint density at radius 2 is 1.23 bits per heavy atom. The first-order valence-corrected chi connectivity index (χ1v) is 13.3. The van der Waals surface area contributed by atoms with E-state index in [9.17, 15) is 4.79 Å². The van der Waals surface area contributed by atoms with Gasteiger partial charge in [0.2, 0.25) is 0 Å². The first kappa shape index (κ1) is 23.2. The number of hydrogen-bond donors (Lipinski definition) is 0. The molecule has 3 heteroatoms. The Morgan fingerprint density at radius 1 is 0.806 bits per heavy atom. The summed E-state index contributed by atoms with van der Waals surface area (Å²) in [6.45, 7) is 6.34. The number of unbranched alkanes of at least 4 members (excludes halogenated alkanes) is 1. The van der Waals surface area contributed by atoms with E-state index in [-0.39, 0.29) is 6.10 Å². The summed E-state index contributed by atoms with van der Waals surface area (Å²) in [6, 6.07) is 31.8. The fourth-order valence-corrected chi connectivity index (χ4v) is 8.44. The minimum Gasteiger partial charge on any atom is -0.400 e. The van der Waals surface area contributed by atoms with Crippen LogP contribution in [0.4, 0.5) is 0 Å². The van der Waals surface area contributed by atoms with Crippen molar-refractivity contribution < 1.29 is 9.22 Å². The topological polar surface area (TPSA) is 26.3 Å². The molecule has 0 aliphatic carbocycles. The molecule has 0 bridgehead atoms. The molecule has 0 saturated carbocycles. The number of carbonyl (C=O) groups excluding carboxylic acids is 1. The maximum atomic E-state index is 12.3. The lowest BCUT2D eigenvalue weighted by atomic mass is 9.81. The molecule has 3 aromatic carbocycles. The quantitative estimate of drug-likeness (QED) is 0.247. The van der Waals surface area contributed by atoms with Gasteiger partial charge in [0.05, 0.1) is 6.10 Å². The predicted molar refractivity (Wildman–Crippen MR) is 133 cm³/mol. The summed E-state index contributed by atoms with van der Waals surface area (Å²) in [4.78, 5) is 12.3. The molecule has 31 heavy (non-hydrogen) atoms. The molecule has 162 valence electrons. The van der Waals surface area contributed by atoms with Crippen LogP contribution in [0.2, 0.25) is 0 Å². The van der Waals surface area contributed by atoms with Gasteiger partial charge < -0.3 is 9.22 Å². The van der Waals surface area contributed by atoms with Gasteiger partial charge in [-0.3, -0.25) is 0 Å². The maximum absolute atomic E-state index is 12.3. The fourth-order valence-electron chi connectivity index (χ4n) is 4.24. The summed E-state index contributed by atoms with van der Waals surface area (Å²) in [5.74, 6) is 0. The first-order valence-electron chi connectivity index (χ1n) is 11.4. The number of benzene rings is 3. The van der Waals surface area contributed by atoms with E-state index >= 15 is 0 Å². The van der Waals surface area contributed by atoms with Crippen molar-refractivity contribution in [2.45, 2.75) is 52.6 Å². The molecule has 0 saturated heterocycles. The standard InChI is InChI=1S/C28H34O2Si/c1-4-6-22-27(28(3,5-2)23-29)30-31(24-16-10-7-11-17-24,25-18-12-8-13-19-25)26-20-14-9-15-21-26/h7-21,23,27H,4-6,22H2,1-3H3/t27-,28-/m1/s1. The molecular weight excluding hydrogens is 396 g/mol. The molecule has 0 heterocycles. The molecule has 3 rings (SSSR count). The van der Waals surface area contributed by atoms with Crippen LogP contribution in [0.1, 0.15) is 46.5 Å². The summed E-state index contributed by atoms with van der Waals surface area (Å²) in [6.07, 6.45) is 4.72. The van der Waals surface area contributed by atoms with E-state index in [4.69, 9.17) is 4.43 Å². The monoisotopic (exact) mass is 430 g/mol.